The molecule has 0 saturated heterocycles. The summed E-state index contributed by atoms with van der Waals surface area (Å²) in [4.78, 5) is 11.3. The summed E-state index contributed by atoms with van der Waals surface area (Å²) in [6.45, 7) is 6.01. The molecule has 0 aliphatic rings. The average molecular weight is 207 g/mol. The lowest BCUT2D eigenvalue weighted by Gasteiger charge is -2.08. The first-order chi connectivity index (χ1) is 7.11. The highest BCUT2D eigenvalue weighted by Gasteiger charge is 2.04. The molecule has 0 aromatic rings. The normalized spacial score (nSPS) is 10.6. The fourth-order valence-corrected chi connectivity index (χ4v) is 0.957. The molecule has 4 heteroatoms. The third kappa shape index (κ3) is 6.47. The quantitative estimate of drug-likeness (QED) is 0.389. The van der Waals surface area contributed by atoms with Gasteiger partial charge in [-0.2, -0.15) is 5.26 Å². The number of hydrogen-bond donors (Lipinski definition) is 2. The second-order valence-corrected chi connectivity index (χ2v) is 3.24. The second-order valence-electron chi connectivity index (χ2n) is 3.24. The molecule has 0 heterocycles. The van der Waals surface area contributed by atoms with E-state index in [9.17, 15) is 4.79 Å². The first-order valence-corrected chi connectivity index (χ1v) is 4.82. The van der Waals surface area contributed by atoms with Crippen molar-refractivity contribution in [1.29, 1.82) is 5.26 Å². The van der Waals surface area contributed by atoms with Crippen LogP contribution in [0.15, 0.2) is 23.9 Å². The Morgan fingerprint density at radius 3 is 2.73 bits per heavy atom. The molecule has 1 amide bonds. The van der Waals surface area contributed by atoms with Crippen molar-refractivity contribution in [1.82, 2.24) is 10.6 Å². The van der Waals surface area contributed by atoms with Gasteiger partial charge in [0.25, 0.3) is 0 Å². The van der Waals surface area contributed by atoms with E-state index in [1.165, 1.54) is 6.08 Å². The number of nitrogens with one attached hydrogen (secondary N) is 2. The zero-order valence-electron chi connectivity index (χ0n) is 9.26. The number of hydrogen-bond acceptors (Lipinski definition) is 3. The molecular weight excluding hydrogens is 190 g/mol. The van der Waals surface area contributed by atoms with Gasteiger partial charge in [0.1, 0.15) is 0 Å². The van der Waals surface area contributed by atoms with Gasteiger partial charge in [-0.15, -0.1) is 0 Å². The number of rotatable bonds is 6. The van der Waals surface area contributed by atoms with Crippen LogP contribution in [0.25, 0.3) is 0 Å². The molecule has 0 aliphatic heterocycles. The number of nitriles is 1. The molecule has 0 saturated carbocycles. The maximum absolute atomic E-state index is 11.3. The van der Waals surface area contributed by atoms with Gasteiger partial charge in [0.15, 0.2) is 0 Å². The molecule has 2 N–H and O–H groups in total. The topological polar surface area (TPSA) is 64.9 Å². The van der Waals surface area contributed by atoms with E-state index in [2.05, 4.69) is 17.2 Å². The summed E-state index contributed by atoms with van der Waals surface area (Å²) < 4.78 is 0. The Kier molecular flexibility index (Phi) is 6.94. The van der Waals surface area contributed by atoms with Crippen LogP contribution in [-0.2, 0) is 4.79 Å². The van der Waals surface area contributed by atoms with E-state index in [0.717, 1.165) is 13.0 Å². The molecule has 0 aliphatic carbocycles. The van der Waals surface area contributed by atoms with Gasteiger partial charge in [0, 0.05) is 17.3 Å². The molecule has 4 nitrogen and oxygen atoms in total. The molecule has 0 spiro atoms. The summed E-state index contributed by atoms with van der Waals surface area (Å²) in [6, 6.07) is 1.91. The summed E-state index contributed by atoms with van der Waals surface area (Å²) in [5, 5.41) is 14.2. The van der Waals surface area contributed by atoms with E-state index in [0.29, 0.717) is 17.7 Å². The number of carbonyl (C=O) groups excluding carboxylic acids is 1. The van der Waals surface area contributed by atoms with E-state index in [1.807, 2.05) is 13.1 Å². The predicted octanol–water partition coefficient (Wildman–Crippen LogP) is 1.09. The van der Waals surface area contributed by atoms with Gasteiger partial charge in [-0.1, -0.05) is 6.58 Å². The smallest absolute Gasteiger partial charge is 0.250 e. The van der Waals surface area contributed by atoms with E-state index in [4.69, 9.17) is 5.26 Å². The van der Waals surface area contributed by atoms with Crippen LogP contribution in [0.2, 0.25) is 0 Å². The third-order valence-corrected chi connectivity index (χ3v) is 1.77. The number of carbonyl (C=O) groups is 1. The Balaban J connectivity index is 4.19. The number of allylic oxidation sites excluding steroid dienone is 2. The van der Waals surface area contributed by atoms with Gasteiger partial charge in [-0.05, 0) is 33.4 Å². The van der Waals surface area contributed by atoms with Crippen LogP contribution < -0.4 is 10.6 Å². The first-order valence-electron chi connectivity index (χ1n) is 4.82. The summed E-state index contributed by atoms with van der Waals surface area (Å²) in [5.41, 5.74) is 1.08. The first kappa shape index (κ1) is 13.4. The highest BCUT2D eigenvalue weighted by atomic mass is 16.1. The lowest BCUT2D eigenvalue weighted by atomic mass is 10.2. The SMILES string of the molecule is C=C(C)C(=O)NC(=CC#N)CCCNC. The molecule has 0 radical (unpaired) electrons. The Hall–Kier alpha value is -1.60. The molecule has 0 atom stereocenters. The van der Waals surface area contributed by atoms with Crippen molar-refractivity contribution < 1.29 is 4.79 Å². The van der Waals surface area contributed by atoms with Crippen molar-refractivity contribution in [3.05, 3.63) is 23.9 Å². The van der Waals surface area contributed by atoms with Crippen molar-refractivity contribution in [2.24, 2.45) is 0 Å². The molecule has 0 bridgehead atoms. The second kappa shape index (κ2) is 7.77. The molecular formula is C11H17N3O. The minimum absolute atomic E-state index is 0.235. The molecule has 15 heavy (non-hydrogen) atoms. The molecule has 82 valence electrons. The van der Waals surface area contributed by atoms with Crippen molar-refractivity contribution in [3.8, 4) is 6.07 Å². The fraction of sp³-hybridized carbons (Fsp3) is 0.455. The molecule has 0 rings (SSSR count). The van der Waals surface area contributed by atoms with Crippen LogP contribution in [0.4, 0.5) is 0 Å². The minimum Gasteiger partial charge on any atom is -0.325 e. The van der Waals surface area contributed by atoms with Crippen molar-refractivity contribution in [2.45, 2.75) is 19.8 Å². The van der Waals surface area contributed by atoms with E-state index in [1.54, 1.807) is 6.92 Å². The zero-order chi connectivity index (χ0) is 11.7. The minimum atomic E-state index is -0.235. The summed E-state index contributed by atoms with van der Waals surface area (Å²) in [6.07, 6.45) is 2.91. The maximum Gasteiger partial charge on any atom is 0.250 e. The highest BCUT2D eigenvalue weighted by Crippen LogP contribution is 2.01. The van der Waals surface area contributed by atoms with Crippen LogP contribution in [0, 0.1) is 11.3 Å². The van der Waals surface area contributed by atoms with E-state index in [-0.39, 0.29) is 5.91 Å². The predicted molar refractivity (Wildman–Crippen MR) is 59.8 cm³/mol. The monoisotopic (exact) mass is 207 g/mol. The van der Waals surface area contributed by atoms with Gasteiger partial charge in [-0.25, -0.2) is 0 Å². The molecule has 0 fully saturated rings. The third-order valence-electron chi connectivity index (χ3n) is 1.77. The van der Waals surface area contributed by atoms with E-state index >= 15 is 0 Å². The molecule has 0 unspecified atom stereocenters. The Morgan fingerprint density at radius 2 is 2.27 bits per heavy atom. The molecule has 0 aromatic carbocycles. The van der Waals surface area contributed by atoms with Crippen molar-refractivity contribution in [3.63, 3.8) is 0 Å². The lowest BCUT2D eigenvalue weighted by Crippen LogP contribution is -2.23. The summed E-state index contributed by atoms with van der Waals surface area (Å²) in [5.74, 6) is -0.235. The van der Waals surface area contributed by atoms with Crippen LogP contribution >= 0.6 is 0 Å². The fourth-order valence-electron chi connectivity index (χ4n) is 0.957. The Labute approximate surface area is 90.7 Å². The van der Waals surface area contributed by atoms with Gasteiger partial charge >= 0.3 is 0 Å². The Bertz CT molecular complexity index is 299. The lowest BCUT2D eigenvalue weighted by molar-refractivity contribution is -0.116. The van der Waals surface area contributed by atoms with Crippen LogP contribution in [0.3, 0.4) is 0 Å². The van der Waals surface area contributed by atoms with Gasteiger partial charge in [0.05, 0.1) is 6.07 Å². The number of amides is 1. The average Bonchev–Trinajstić information content (AvgIpc) is 2.18. The highest BCUT2D eigenvalue weighted by molar-refractivity contribution is 5.93. The maximum atomic E-state index is 11.3. The standard InChI is InChI=1S/C11H17N3O/c1-9(2)11(15)14-10(6-7-12)5-4-8-13-3/h6,13H,1,4-5,8H2,2-3H3,(H,14,15). The summed E-state index contributed by atoms with van der Waals surface area (Å²) in [7, 11) is 1.86. The Morgan fingerprint density at radius 1 is 1.60 bits per heavy atom. The van der Waals surface area contributed by atoms with Crippen LogP contribution in [0.1, 0.15) is 19.8 Å². The molecule has 0 aromatic heterocycles. The van der Waals surface area contributed by atoms with Gasteiger partial charge < -0.3 is 10.6 Å². The van der Waals surface area contributed by atoms with Gasteiger partial charge in [0.2, 0.25) is 5.91 Å². The van der Waals surface area contributed by atoms with Crippen LogP contribution in [-0.4, -0.2) is 19.5 Å². The van der Waals surface area contributed by atoms with Crippen LogP contribution in [0.5, 0.6) is 0 Å². The van der Waals surface area contributed by atoms with Crippen molar-refractivity contribution >= 4 is 5.91 Å². The van der Waals surface area contributed by atoms with Crippen molar-refractivity contribution in [2.75, 3.05) is 13.6 Å². The van der Waals surface area contributed by atoms with E-state index < -0.39 is 0 Å². The summed E-state index contributed by atoms with van der Waals surface area (Å²) >= 11 is 0. The zero-order valence-corrected chi connectivity index (χ0v) is 9.26. The van der Waals surface area contributed by atoms with Gasteiger partial charge in [-0.3, -0.25) is 4.79 Å². The largest absolute Gasteiger partial charge is 0.325 e. The number of nitrogens with zero attached hydrogens (tertiary/aromatic N) is 1.